The first kappa shape index (κ1) is 11.8. The molecular weight excluding hydrogens is 218 g/mol. The van der Waals surface area contributed by atoms with Gasteiger partial charge in [-0.3, -0.25) is 9.48 Å². The maximum absolute atomic E-state index is 11.6. The highest BCUT2D eigenvalue weighted by Crippen LogP contribution is 2.18. The van der Waals surface area contributed by atoms with Crippen LogP contribution in [0.3, 0.4) is 0 Å². The second kappa shape index (κ2) is 5.07. The predicted octanol–water partition coefficient (Wildman–Crippen LogP) is 0.431. The molecule has 0 amide bonds. The van der Waals surface area contributed by atoms with Crippen molar-refractivity contribution in [2.75, 3.05) is 20.2 Å². The Morgan fingerprint density at radius 1 is 1.53 bits per heavy atom. The highest BCUT2D eigenvalue weighted by Gasteiger charge is 2.12. The van der Waals surface area contributed by atoms with Gasteiger partial charge in [0.25, 0.3) is 0 Å². The largest absolute Gasteiger partial charge is 0.388 e. The molecule has 2 N–H and O–H groups in total. The average Bonchev–Trinajstić information content (AvgIpc) is 2.78. The zero-order valence-corrected chi connectivity index (χ0v) is 9.68. The number of carbonyl (C=O) groups is 1. The van der Waals surface area contributed by atoms with E-state index in [0.717, 1.165) is 17.4 Å². The molecule has 17 heavy (non-hydrogen) atoms. The van der Waals surface area contributed by atoms with Crippen LogP contribution in [0.2, 0.25) is 0 Å². The molecule has 0 radical (unpaired) electrons. The Bertz CT molecular complexity index is 534. The molecule has 0 aliphatic carbocycles. The molecule has 0 saturated heterocycles. The van der Waals surface area contributed by atoms with Crippen LogP contribution in [0.5, 0.6) is 0 Å². The van der Waals surface area contributed by atoms with Crippen molar-refractivity contribution in [2.24, 2.45) is 0 Å². The van der Waals surface area contributed by atoms with Crippen LogP contribution < -0.4 is 5.32 Å². The van der Waals surface area contributed by atoms with E-state index in [9.17, 15) is 4.79 Å². The highest BCUT2D eigenvalue weighted by molar-refractivity contribution is 6.07. The summed E-state index contributed by atoms with van der Waals surface area (Å²) in [4.78, 5) is 11.6. The summed E-state index contributed by atoms with van der Waals surface area (Å²) in [5.41, 5.74) is 1.32. The number of likely N-dealkylation sites (N-methyl/N-ethyl adjacent to an activating group) is 1. The molecule has 0 atom stereocenters. The molecule has 0 saturated carbocycles. The number of aromatic nitrogens is 2. The van der Waals surface area contributed by atoms with E-state index in [1.807, 2.05) is 13.1 Å². The number of carbonyl (C=O) groups excluding carboxylic acids is 1. The lowest BCUT2D eigenvalue weighted by Gasteiger charge is -2.06. The molecule has 5 nitrogen and oxygen atoms in total. The summed E-state index contributed by atoms with van der Waals surface area (Å²) in [6.07, 6.45) is 1.74. The zero-order valence-electron chi connectivity index (χ0n) is 9.68. The van der Waals surface area contributed by atoms with E-state index in [1.54, 1.807) is 23.0 Å². The summed E-state index contributed by atoms with van der Waals surface area (Å²) in [5.74, 6) is -0.276. The fourth-order valence-electron chi connectivity index (χ4n) is 1.84. The van der Waals surface area contributed by atoms with Crippen molar-refractivity contribution in [1.82, 2.24) is 15.1 Å². The van der Waals surface area contributed by atoms with Crippen LogP contribution in [-0.4, -0.2) is 40.9 Å². The van der Waals surface area contributed by atoms with Crippen molar-refractivity contribution in [3.63, 3.8) is 0 Å². The number of fused-ring (bicyclic) bond motifs is 1. The van der Waals surface area contributed by atoms with Gasteiger partial charge in [0.15, 0.2) is 5.78 Å². The second-order valence-electron chi connectivity index (χ2n) is 3.80. The number of para-hydroxylation sites is 1. The Labute approximate surface area is 99.1 Å². The Hall–Kier alpha value is -1.72. The van der Waals surface area contributed by atoms with Crippen molar-refractivity contribution in [1.29, 1.82) is 0 Å². The molecular formula is C12H15N3O2. The second-order valence-corrected chi connectivity index (χ2v) is 3.80. The molecule has 0 unspecified atom stereocenters. The Morgan fingerprint density at radius 2 is 2.35 bits per heavy atom. The van der Waals surface area contributed by atoms with Crippen molar-refractivity contribution in [2.45, 2.75) is 6.54 Å². The van der Waals surface area contributed by atoms with Gasteiger partial charge in [-0.05, 0) is 13.1 Å². The number of hydrogen-bond acceptors (Lipinski definition) is 4. The van der Waals surface area contributed by atoms with E-state index in [4.69, 9.17) is 5.11 Å². The van der Waals surface area contributed by atoms with Crippen molar-refractivity contribution >= 4 is 16.7 Å². The number of aliphatic hydroxyl groups is 1. The minimum atomic E-state index is -0.476. The number of ketones is 1. The SMILES string of the molecule is CNCCn1ncc2cccc(C(=O)CO)c21. The summed E-state index contributed by atoms with van der Waals surface area (Å²) in [7, 11) is 1.87. The van der Waals surface area contributed by atoms with E-state index in [2.05, 4.69) is 10.4 Å². The molecule has 5 heteroatoms. The number of hydrogen-bond donors (Lipinski definition) is 2. The smallest absolute Gasteiger partial charge is 0.190 e. The van der Waals surface area contributed by atoms with E-state index < -0.39 is 6.61 Å². The number of aliphatic hydroxyl groups excluding tert-OH is 1. The van der Waals surface area contributed by atoms with Gasteiger partial charge >= 0.3 is 0 Å². The summed E-state index contributed by atoms with van der Waals surface area (Å²) >= 11 is 0. The van der Waals surface area contributed by atoms with E-state index >= 15 is 0 Å². The first-order valence-corrected chi connectivity index (χ1v) is 5.51. The van der Waals surface area contributed by atoms with E-state index in [0.29, 0.717) is 12.1 Å². The standard InChI is InChI=1S/C12H15N3O2/c1-13-5-6-15-12-9(7-14-15)3-2-4-10(12)11(17)8-16/h2-4,7,13,16H,5-6,8H2,1H3. The fourth-order valence-corrected chi connectivity index (χ4v) is 1.84. The van der Waals surface area contributed by atoms with Crippen LogP contribution >= 0.6 is 0 Å². The van der Waals surface area contributed by atoms with Gasteiger partial charge in [0.05, 0.1) is 18.3 Å². The topological polar surface area (TPSA) is 67.2 Å². The molecule has 1 heterocycles. The molecule has 0 spiro atoms. The quantitative estimate of drug-likeness (QED) is 0.735. The van der Waals surface area contributed by atoms with Crippen LogP contribution in [0.25, 0.3) is 10.9 Å². The number of nitrogens with one attached hydrogen (secondary N) is 1. The minimum Gasteiger partial charge on any atom is -0.388 e. The number of rotatable bonds is 5. The summed E-state index contributed by atoms with van der Waals surface area (Å²) in [5, 5.41) is 17.2. The van der Waals surface area contributed by atoms with Crippen LogP contribution in [-0.2, 0) is 6.54 Å². The Kier molecular flexibility index (Phi) is 3.51. The zero-order chi connectivity index (χ0) is 12.3. The monoisotopic (exact) mass is 233 g/mol. The van der Waals surface area contributed by atoms with Gasteiger partial charge in [-0.25, -0.2) is 0 Å². The summed E-state index contributed by atoms with van der Waals surface area (Å²) in [6, 6.07) is 5.43. The van der Waals surface area contributed by atoms with Gasteiger partial charge in [-0.1, -0.05) is 12.1 Å². The number of Topliss-reactive ketones (excluding diaryl/α,β-unsaturated/α-hetero) is 1. The fraction of sp³-hybridized carbons (Fsp3) is 0.333. The third-order valence-electron chi connectivity index (χ3n) is 2.68. The third-order valence-corrected chi connectivity index (χ3v) is 2.68. The van der Waals surface area contributed by atoms with Gasteiger partial charge in [-0.2, -0.15) is 5.10 Å². The minimum absolute atomic E-state index is 0.276. The predicted molar refractivity (Wildman–Crippen MR) is 65.1 cm³/mol. The van der Waals surface area contributed by atoms with Crippen LogP contribution in [0.15, 0.2) is 24.4 Å². The third kappa shape index (κ3) is 2.20. The lowest BCUT2D eigenvalue weighted by molar-refractivity contribution is 0.0905. The van der Waals surface area contributed by atoms with Gasteiger partial charge < -0.3 is 10.4 Å². The van der Waals surface area contributed by atoms with Crippen molar-refractivity contribution < 1.29 is 9.90 Å². The van der Waals surface area contributed by atoms with E-state index in [-0.39, 0.29) is 5.78 Å². The van der Waals surface area contributed by atoms with Gasteiger partial charge in [0, 0.05) is 17.5 Å². The number of nitrogens with zero attached hydrogens (tertiary/aromatic N) is 2. The van der Waals surface area contributed by atoms with Crippen LogP contribution in [0.4, 0.5) is 0 Å². The summed E-state index contributed by atoms with van der Waals surface area (Å²) < 4.78 is 1.79. The normalized spacial score (nSPS) is 10.9. The molecule has 90 valence electrons. The van der Waals surface area contributed by atoms with Crippen molar-refractivity contribution in [3.05, 3.63) is 30.0 Å². The molecule has 0 aliphatic rings. The van der Waals surface area contributed by atoms with Gasteiger partial charge in [0.1, 0.15) is 6.61 Å². The van der Waals surface area contributed by atoms with Gasteiger partial charge in [-0.15, -0.1) is 0 Å². The van der Waals surface area contributed by atoms with E-state index in [1.165, 1.54) is 0 Å². The molecule has 2 rings (SSSR count). The molecule has 2 aromatic rings. The molecule has 1 aromatic carbocycles. The first-order valence-electron chi connectivity index (χ1n) is 5.51. The lowest BCUT2D eigenvalue weighted by Crippen LogP contribution is -2.17. The lowest BCUT2D eigenvalue weighted by atomic mass is 10.1. The molecule has 1 aromatic heterocycles. The van der Waals surface area contributed by atoms with Crippen LogP contribution in [0.1, 0.15) is 10.4 Å². The number of benzene rings is 1. The average molecular weight is 233 g/mol. The molecule has 0 fully saturated rings. The Morgan fingerprint density at radius 3 is 3.06 bits per heavy atom. The molecule has 0 bridgehead atoms. The maximum Gasteiger partial charge on any atom is 0.190 e. The summed E-state index contributed by atoms with van der Waals surface area (Å²) in [6.45, 7) is 0.991. The Balaban J connectivity index is 2.51. The molecule has 0 aliphatic heterocycles. The van der Waals surface area contributed by atoms with Crippen LogP contribution in [0, 0.1) is 0 Å². The van der Waals surface area contributed by atoms with Gasteiger partial charge in [0.2, 0.25) is 0 Å². The van der Waals surface area contributed by atoms with Crippen molar-refractivity contribution in [3.8, 4) is 0 Å². The maximum atomic E-state index is 11.6. The first-order chi connectivity index (χ1) is 8.27. The highest BCUT2D eigenvalue weighted by atomic mass is 16.3.